The SMILES string of the molecule is CC1(C)O[C@@H]2[C@@H](O1)[C@H](O[Si](C)(C)C(C)(C)C)C#CC(O)C(O)C#C[C@@H]2O[Si](C)(C)C(C)(C)C. The van der Waals surface area contributed by atoms with Gasteiger partial charge in [0.1, 0.15) is 24.4 Å². The van der Waals surface area contributed by atoms with Crippen LogP contribution in [0.1, 0.15) is 55.4 Å². The summed E-state index contributed by atoms with van der Waals surface area (Å²) in [7, 11) is -4.51. The minimum atomic E-state index is -2.25. The first-order valence-corrected chi connectivity index (χ1v) is 17.6. The molecule has 2 unspecified atom stereocenters. The van der Waals surface area contributed by atoms with Crippen LogP contribution in [-0.2, 0) is 18.3 Å². The zero-order chi connectivity index (χ0) is 25.6. The molecule has 6 atom stereocenters. The molecule has 1 fully saturated rings. The predicted octanol–water partition coefficient (Wildman–Crippen LogP) is 4.03. The Balaban J connectivity index is 2.58. The van der Waals surface area contributed by atoms with Crippen LogP contribution in [0.15, 0.2) is 0 Å². The van der Waals surface area contributed by atoms with E-state index in [-0.39, 0.29) is 10.1 Å². The standard InChI is InChI=1S/C25H44O6Si2/c1-23(2,3)32(9,10)30-19-15-13-17(26)18(27)14-16-20(31-33(11,12)24(4,5)6)22-21(19)28-25(7,8)29-22/h17-22,26-27H,1-12H3/t17?,18?,19-,20+,21-,22-/m0/s1. The van der Waals surface area contributed by atoms with E-state index >= 15 is 0 Å². The van der Waals surface area contributed by atoms with Crippen molar-refractivity contribution in [3.05, 3.63) is 0 Å². The lowest BCUT2D eigenvalue weighted by Crippen LogP contribution is -2.53. The summed E-state index contributed by atoms with van der Waals surface area (Å²) < 4.78 is 26.1. The van der Waals surface area contributed by atoms with Crippen LogP contribution in [0, 0.1) is 23.7 Å². The molecular formula is C25H44O6Si2. The van der Waals surface area contributed by atoms with Crippen LogP contribution >= 0.6 is 0 Å². The molecule has 1 aliphatic heterocycles. The summed E-state index contributed by atoms with van der Waals surface area (Å²) >= 11 is 0. The monoisotopic (exact) mass is 496 g/mol. The van der Waals surface area contributed by atoms with Crippen molar-refractivity contribution < 1.29 is 28.5 Å². The Morgan fingerprint density at radius 3 is 1.24 bits per heavy atom. The molecule has 0 aromatic heterocycles. The molecule has 1 aliphatic carbocycles. The Labute approximate surface area is 203 Å². The van der Waals surface area contributed by atoms with Crippen LogP contribution in [0.3, 0.4) is 0 Å². The van der Waals surface area contributed by atoms with E-state index in [1.54, 1.807) is 0 Å². The van der Waals surface area contributed by atoms with Crippen molar-refractivity contribution in [2.45, 2.75) is 134 Å². The largest absolute Gasteiger partial charge is 0.401 e. The van der Waals surface area contributed by atoms with E-state index < -0.39 is 59.0 Å². The molecule has 0 aromatic carbocycles. The molecule has 0 spiro atoms. The molecule has 188 valence electrons. The van der Waals surface area contributed by atoms with Crippen LogP contribution < -0.4 is 0 Å². The fraction of sp³-hybridized carbons (Fsp3) is 0.840. The summed E-state index contributed by atoms with van der Waals surface area (Å²) in [4.78, 5) is 0. The number of ether oxygens (including phenoxy) is 2. The summed E-state index contributed by atoms with van der Waals surface area (Å²) in [6.07, 6.45) is -5.08. The molecule has 2 rings (SSSR count). The van der Waals surface area contributed by atoms with Gasteiger partial charge in [0, 0.05) is 0 Å². The van der Waals surface area contributed by atoms with Crippen molar-refractivity contribution in [2.75, 3.05) is 0 Å². The van der Waals surface area contributed by atoms with Crippen molar-refractivity contribution in [1.29, 1.82) is 0 Å². The zero-order valence-corrected chi connectivity index (χ0v) is 24.5. The van der Waals surface area contributed by atoms with E-state index in [9.17, 15) is 10.2 Å². The molecule has 33 heavy (non-hydrogen) atoms. The summed E-state index contributed by atoms with van der Waals surface area (Å²) in [6, 6.07) is 0. The van der Waals surface area contributed by atoms with Gasteiger partial charge in [-0.3, -0.25) is 0 Å². The molecule has 2 aliphatic rings. The third kappa shape index (κ3) is 6.71. The molecule has 1 heterocycles. The van der Waals surface area contributed by atoms with Gasteiger partial charge in [0.15, 0.2) is 34.6 Å². The molecule has 2 N–H and O–H groups in total. The molecule has 0 saturated carbocycles. The van der Waals surface area contributed by atoms with Crippen LogP contribution in [0.5, 0.6) is 0 Å². The average molecular weight is 497 g/mol. The third-order valence-corrected chi connectivity index (χ3v) is 16.2. The first-order chi connectivity index (χ1) is 14.7. The number of hydrogen-bond acceptors (Lipinski definition) is 6. The number of aliphatic hydroxyl groups excluding tert-OH is 2. The highest BCUT2D eigenvalue weighted by molar-refractivity contribution is 6.74. The lowest BCUT2D eigenvalue weighted by molar-refractivity contribution is -0.155. The Bertz CT molecular complexity index is 763. The molecule has 6 nitrogen and oxygen atoms in total. The maximum absolute atomic E-state index is 10.4. The van der Waals surface area contributed by atoms with E-state index in [0.29, 0.717) is 0 Å². The Kier molecular flexibility index (Phi) is 8.14. The van der Waals surface area contributed by atoms with Crippen LogP contribution in [0.25, 0.3) is 0 Å². The highest BCUT2D eigenvalue weighted by Gasteiger charge is 2.53. The average Bonchev–Trinajstić information content (AvgIpc) is 2.94. The van der Waals surface area contributed by atoms with Gasteiger partial charge in [-0.25, -0.2) is 0 Å². The molecular weight excluding hydrogens is 452 g/mol. The molecule has 1 saturated heterocycles. The van der Waals surface area contributed by atoms with E-state index in [1.165, 1.54) is 0 Å². The number of rotatable bonds is 4. The fourth-order valence-electron chi connectivity index (χ4n) is 3.12. The number of fused-ring (bicyclic) bond motifs is 1. The number of aliphatic hydroxyl groups is 2. The lowest BCUT2D eigenvalue weighted by Gasteiger charge is -2.42. The van der Waals surface area contributed by atoms with Crippen LogP contribution in [0.4, 0.5) is 0 Å². The maximum Gasteiger partial charge on any atom is 0.193 e. The van der Waals surface area contributed by atoms with Gasteiger partial charge in [-0.05, 0) is 50.1 Å². The lowest BCUT2D eigenvalue weighted by atomic mass is 10.0. The molecule has 8 heteroatoms. The van der Waals surface area contributed by atoms with Gasteiger partial charge < -0.3 is 28.5 Å². The maximum atomic E-state index is 10.4. The predicted molar refractivity (Wildman–Crippen MR) is 136 cm³/mol. The Morgan fingerprint density at radius 1 is 0.667 bits per heavy atom. The van der Waals surface area contributed by atoms with E-state index in [2.05, 4.69) is 91.4 Å². The van der Waals surface area contributed by atoms with Crippen molar-refractivity contribution in [2.24, 2.45) is 0 Å². The van der Waals surface area contributed by atoms with Crippen molar-refractivity contribution in [3.8, 4) is 23.7 Å². The zero-order valence-electron chi connectivity index (χ0n) is 22.5. The summed E-state index contributed by atoms with van der Waals surface area (Å²) in [5, 5.41) is 20.7. The van der Waals surface area contributed by atoms with Gasteiger partial charge in [0.05, 0.1) is 0 Å². The first-order valence-electron chi connectivity index (χ1n) is 11.8. The highest BCUT2D eigenvalue weighted by atomic mass is 28.4. The normalized spacial score (nSPS) is 32.8. The quantitative estimate of drug-likeness (QED) is 0.452. The minimum Gasteiger partial charge on any atom is -0.401 e. The van der Waals surface area contributed by atoms with Crippen LogP contribution in [-0.4, -0.2) is 69.3 Å². The van der Waals surface area contributed by atoms with Crippen molar-refractivity contribution in [1.82, 2.24) is 0 Å². The second-order valence-corrected chi connectivity index (χ2v) is 22.1. The summed E-state index contributed by atoms with van der Waals surface area (Å²) in [5.41, 5.74) is 0. The van der Waals surface area contributed by atoms with E-state index in [1.807, 2.05) is 13.8 Å². The Hall–Kier alpha value is -0.686. The second-order valence-electron chi connectivity index (χ2n) is 12.6. The minimum absolute atomic E-state index is 0.0521. The second kappa shape index (κ2) is 9.40. The van der Waals surface area contributed by atoms with Crippen molar-refractivity contribution >= 4 is 16.6 Å². The first kappa shape index (κ1) is 28.6. The van der Waals surface area contributed by atoms with Gasteiger partial charge >= 0.3 is 0 Å². The summed E-state index contributed by atoms with van der Waals surface area (Å²) in [5.74, 6) is 10.7. The molecule has 0 amide bonds. The molecule has 0 aromatic rings. The van der Waals surface area contributed by atoms with Gasteiger partial charge in [0.2, 0.25) is 0 Å². The van der Waals surface area contributed by atoms with E-state index in [0.717, 1.165) is 0 Å². The smallest absolute Gasteiger partial charge is 0.193 e. The van der Waals surface area contributed by atoms with Crippen LogP contribution in [0.2, 0.25) is 36.3 Å². The number of hydrogen-bond donors (Lipinski definition) is 2. The topological polar surface area (TPSA) is 77.4 Å². The van der Waals surface area contributed by atoms with Gasteiger partial charge in [-0.2, -0.15) is 0 Å². The van der Waals surface area contributed by atoms with Gasteiger partial charge in [0.25, 0.3) is 0 Å². The Morgan fingerprint density at radius 2 is 0.970 bits per heavy atom. The van der Waals surface area contributed by atoms with Gasteiger partial charge in [-0.15, -0.1) is 0 Å². The molecule has 0 radical (unpaired) electrons. The fourth-order valence-corrected chi connectivity index (χ4v) is 5.49. The van der Waals surface area contributed by atoms with E-state index in [4.69, 9.17) is 18.3 Å². The summed E-state index contributed by atoms with van der Waals surface area (Å²) in [6.45, 7) is 25.3. The highest BCUT2D eigenvalue weighted by Crippen LogP contribution is 2.42. The third-order valence-electron chi connectivity index (χ3n) is 7.26. The molecule has 0 bridgehead atoms. The van der Waals surface area contributed by atoms with Gasteiger partial charge in [-0.1, -0.05) is 65.2 Å². The van der Waals surface area contributed by atoms with Crippen molar-refractivity contribution in [3.63, 3.8) is 0 Å².